The Kier molecular flexibility index (Phi) is 15.3. The molecule has 2 unspecified atom stereocenters. The zero-order valence-electron chi connectivity index (χ0n) is 24.5. The summed E-state index contributed by atoms with van der Waals surface area (Å²) >= 11 is 0. The van der Waals surface area contributed by atoms with Crippen LogP contribution in [0.15, 0.2) is 29.3 Å². The van der Waals surface area contributed by atoms with Gasteiger partial charge >= 0.3 is 11.9 Å². The number of nitrogens with zero attached hydrogens (tertiary/aromatic N) is 2. The number of ether oxygens (including phenoxy) is 1. The topological polar surface area (TPSA) is 307 Å². The summed E-state index contributed by atoms with van der Waals surface area (Å²) in [5.41, 5.74) is 28.6. The number of hydrogen-bond donors (Lipinski definition) is 7. The second kappa shape index (κ2) is 18.0. The van der Waals surface area contributed by atoms with E-state index < -0.39 is 91.1 Å². The summed E-state index contributed by atoms with van der Waals surface area (Å²) in [7, 11) is 0. The Hall–Kier alpha value is -4.74. The minimum Gasteiger partial charge on any atom is -0.481 e. The van der Waals surface area contributed by atoms with Crippen molar-refractivity contribution in [2.75, 3.05) is 6.61 Å². The van der Waals surface area contributed by atoms with E-state index in [9.17, 15) is 33.6 Å². The number of nitrogens with two attached hydrogens (primary N) is 5. The van der Waals surface area contributed by atoms with Crippen molar-refractivity contribution in [2.24, 2.45) is 33.7 Å². The fourth-order valence-corrected chi connectivity index (χ4v) is 3.97. The highest BCUT2D eigenvalue weighted by Crippen LogP contribution is 2.17. The number of aldehydes is 1. The first-order chi connectivity index (χ1) is 20.7. The predicted molar refractivity (Wildman–Crippen MR) is 156 cm³/mol. The summed E-state index contributed by atoms with van der Waals surface area (Å²) in [6, 6.07) is -1.32. The fraction of sp³-hybridized carbons (Fsp3) is 0.481. The Bertz CT molecular complexity index is 1250. The average Bonchev–Trinajstić information content (AvgIpc) is 2.98. The Morgan fingerprint density at radius 2 is 1.75 bits per heavy atom. The third-order valence-corrected chi connectivity index (χ3v) is 6.33. The highest BCUT2D eigenvalue weighted by Gasteiger charge is 2.38. The van der Waals surface area contributed by atoms with E-state index in [4.69, 9.17) is 38.5 Å². The van der Waals surface area contributed by atoms with Gasteiger partial charge < -0.3 is 48.6 Å². The van der Waals surface area contributed by atoms with Crippen LogP contribution in [0.4, 0.5) is 0 Å². The average molecular weight is 621 g/mol. The maximum absolute atomic E-state index is 14.0. The van der Waals surface area contributed by atoms with Crippen molar-refractivity contribution in [2.45, 2.75) is 76.3 Å². The van der Waals surface area contributed by atoms with Crippen molar-refractivity contribution in [1.82, 2.24) is 10.2 Å². The van der Waals surface area contributed by atoms with E-state index in [-0.39, 0.29) is 31.2 Å². The Morgan fingerprint density at radius 1 is 1.09 bits per heavy atom. The standard InChI is InChI=1S/C27H40N8O9/c1-3-18(29)23(40)20(34-27(31)32)7-8-21(33-24(41)19(30)10-22(38)39)26(43)35(17(12-36)13-44-14(2)37)25(42)16-6-4-5-15(9-16)11-28/h4-6,9,12,17-21H,3,7-8,10-11,13,28-30H2,1-2H3,(H,33,41)(H,38,39)(H4,31,32,34)/t17-,18?,19+,20?,21+/m1/s1. The number of carbonyl (C=O) groups excluding carboxylic acids is 6. The number of rotatable bonds is 18. The molecule has 1 aromatic carbocycles. The molecule has 0 aliphatic rings. The second-order valence-electron chi connectivity index (χ2n) is 9.75. The lowest BCUT2D eigenvalue weighted by Gasteiger charge is -2.31. The molecule has 17 heteroatoms. The maximum atomic E-state index is 14.0. The van der Waals surface area contributed by atoms with Gasteiger partial charge in [0.05, 0.1) is 18.5 Å². The molecule has 0 aliphatic heterocycles. The zero-order valence-corrected chi connectivity index (χ0v) is 24.5. The maximum Gasteiger partial charge on any atom is 0.305 e. The van der Waals surface area contributed by atoms with Gasteiger partial charge in [0.25, 0.3) is 11.8 Å². The molecule has 1 aromatic rings. The number of guanidine groups is 1. The Morgan fingerprint density at radius 3 is 2.27 bits per heavy atom. The van der Waals surface area contributed by atoms with Crippen LogP contribution in [-0.4, -0.2) is 94.5 Å². The smallest absolute Gasteiger partial charge is 0.305 e. The number of hydrogen-bond acceptors (Lipinski definition) is 12. The predicted octanol–water partition coefficient (Wildman–Crippen LogP) is -2.74. The molecule has 0 saturated heterocycles. The normalized spacial score (nSPS) is 14.1. The van der Waals surface area contributed by atoms with Gasteiger partial charge in [0, 0.05) is 19.0 Å². The first-order valence-electron chi connectivity index (χ1n) is 13.6. The molecule has 1 rings (SSSR count). The first-order valence-corrected chi connectivity index (χ1v) is 13.6. The molecule has 44 heavy (non-hydrogen) atoms. The molecule has 17 nitrogen and oxygen atoms in total. The van der Waals surface area contributed by atoms with Crippen LogP contribution in [0, 0.1) is 0 Å². The Labute approximate surface area is 253 Å². The number of imide groups is 1. The molecule has 0 saturated carbocycles. The van der Waals surface area contributed by atoms with Crippen molar-refractivity contribution < 1.29 is 43.4 Å². The molecular weight excluding hydrogens is 580 g/mol. The van der Waals surface area contributed by atoms with Gasteiger partial charge in [-0.3, -0.25) is 33.7 Å². The number of carbonyl (C=O) groups is 7. The summed E-state index contributed by atoms with van der Waals surface area (Å²) in [5.74, 6) is -6.49. The summed E-state index contributed by atoms with van der Waals surface area (Å²) in [5, 5.41) is 11.4. The van der Waals surface area contributed by atoms with E-state index in [1.54, 1.807) is 13.0 Å². The number of Topliss-reactive ketones (excluding diaryl/α,β-unsaturated/α-hetero) is 1. The number of esters is 1. The number of carboxylic acid groups (broad SMARTS) is 1. The zero-order chi connectivity index (χ0) is 33.6. The van der Waals surface area contributed by atoms with E-state index in [1.165, 1.54) is 18.2 Å². The third kappa shape index (κ3) is 11.5. The van der Waals surface area contributed by atoms with Gasteiger partial charge in [-0.25, -0.2) is 4.99 Å². The van der Waals surface area contributed by atoms with Crippen LogP contribution >= 0.6 is 0 Å². The summed E-state index contributed by atoms with van der Waals surface area (Å²) in [6.45, 7) is 2.03. The van der Waals surface area contributed by atoms with Crippen LogP contribution < -0.4 is 34.0 Å². The molecule has 0 bridgehead atoms. The molecule has 0 radical (unpaired) electrons. The highest BCUT2D eigenvalue weighted by molar-refractivity contribution is 6.08. The van der Waals surface area contributed by atoms with E-state index >= 15 is 0 Å². The monoisotopic (exact) mass is 620 g/mol. The number of ketones is 1. The van der Waals surface area contributed by atoms with Gasteiger partial charge in [0.2, 0.25) is 5.91 Å². The molecule has 0 spiro atoms. The fourth-order valence-electron chi connectivity index (χ4n) is 3.97. The first kappa shape index (κ1) is 37.3. The lowest BCUT2D eigenvalue weighted by Crippen LogP contribution is -2.58. The summed E-state index contributed by atoms with van der Waals surface area (Å²) < 4.78 is 4.90. The van der Waals surface area contributed by atoms with Gasteiger partial charge in [0.1, 0.15) is 31.0 Å². The van der Waals surface area contributed by atoms with Crippen molar-refractivity contribution in [3.63, 3.8) is 0 Å². The summed E-state index contributed by atoms with van der Waals surface area (Å²) in [4.78, 5) is 92.6. The molecule has 5 atom stereocenters. The van der Waals surface area contributed by atoms with Crippen LogP contribution in [0.5, 0.6) is 0 Å². The molecule has 242 valence electrons. The second-order valence-corrected chi connectivity index (χ2v) is 9.75. The van der Waals surface area contributed by atoms with Crippen molar-refractivity contribution >= 4 is 47.7 Å². The minimum atomic E-state index is -1.67. The lowest BCUT2D eigenvalue weighted by atomic mass is 9.96. The van der Waals surface area contributed by atoms with E-state index in [2.05, 4.69) is 10.3 Å². The van der Waals surface area contributed by atoms with Gasteiger partial charge in [-0.1, -0.05) is 19.1 Å². The van der Waals surface area contributed by atoms with Gasteiger partial charge in [-0.2, -0.15) is 0 Å². The molecule has 12 N–H and O–H groups in total. The number of aliphatic carboxylic acids is 1. The number of amides is 3. The third-order valence-electron chi connectivity index (χ3n) is 6.33. The molecule has 3 amide bonds. The number of aliphatic imine (C=N–C) groups is 1. The van der Waals surface area contributed by atoms with Crippen LogP contribution in [-0.2, 0) is 40.0 Å². The number of nitrogens with one attached hydrogen (secondary N) is 1. The quantitative estimate of drug-likeness (QED) is 0.0379. The van der Waals surface area contributed by atoms with Gasteiger partial charge in [-0.15, -0.1) is 0 Å². The van der Waals surface area contributed by atoms with E-state index in [0.717, 1.165) is 6.92 Å². The van der Waals surface area contributed by atoms with Crippen LogP contribution in [0.2, 0.25) is 0 Å². The molecule has 0 heterocycles. The summed E-state index contributed by atoms with van der Waals surface area (Å²) in [6.07, 6.45) is -1.05. The largest absolute Gasteiger partial charge is 0.481 e. The van der Waals surface area contributed by atoms with Crippen LogP contribution in [0.1, 0.15) is 55.5 Å². The molecule has 0 fully saturated rings. The van der Waals surface area contributed by atoms with Crippen LogP contribution in [0.25, 0.3) is 0 Å². The van der Waals surface area contributed by atoms with E-state index in [1.807, 2.05) is 0 Å². The molecular formula is C27H40N8O9. The van der Waals surface area contributed by atoms with Gasteiger partial charge in [0.15, 0.2) is 11.7 Å². The number of benzene rings is 1. The Balaban J connectivity index is 3.65. The molecule has 0 aromatic heterocycles. The van der Waals surface area contributed by atoms with Crippen molar-refractivity contribution in [3.05, 3.63) is 35.4 Å². The van der Waals surface area contributed by atoms with Crippen molar-refractivity contribution in [3.8, 4) is 0 Å². The SMILES string of the molecule is CCC(N)C(=O)C(CC[C@H](NC(=O)[C@@H](N)CC(=O)O)C(=O)N(C(=O)c1cccc(CN)c1)[C@H](C=O)COC(C)=O)N=C(N)N. The minimum absolute atomic E-state index is 0.0415. The van der Waals surface area contributed by atoms with Crippen LogP contribution in [0.3, 0.4) is 0 Å². The number of carboxylic acids is 1. The van der Waals surface area contributed by atoms with E-state index in [0.29, 0.717) is 10.5 Å². The highest BCUT2D eigenvalue weighted by atomic mass is 16.5. The lowest BCUT2D eigenvalue weighted by molar-refractivity contribution is -0.147. The molecule has 0 aliphatic carbocycles. The van der Waals surface area contributed by atoms with Gasteiger partial charge in [-0.05, 0) is 37.0 Å². The van der Waals surface area contributed by atoms with Crippen molar-refractivity contribution in [1.29, 1.82) is 0 Å².